The number of nitrogens with two attached hydrogens (primary N) is 2. The van der Waals surface area contributed by atoms with Gasteiger partial charge in [0.25, 0.3) is 0 Å². The third-order valence-corrected chi connectivity index (χ3v) is 5.90. The average molecular weight is 589 g/mol. The van der Waals surface area contributed by atoms with Crippen molar-refractivity contribution in [2.75, 3.05) is 6.54 Å². The highest BCUT2D eigenvalue weighted by atomic mass is 35.5. The number of aliphatic imine (C=N–C) groups is 1. The number of carbonyl (C=O) groups excluding carboxylic acids is 4. The zero-order valence-electron chi connectivity index (χ0n) is 23.5. The lowest BCUT2D eigenvalue weighted by Gasteiger charge is -2.25. The summed E-state index contributed by atoms with van der Waals surface area (Å²) in [5.74, 6) is -1.03. The Balaban J connectivity index is 0.00000840. The van der Waals surface area contributed by atoms with Gasteiger partial charge in [0, 0.05) is 13.0 Å². The number of ether oxygens (including phenoxy) is 1. The van der Waals surface area contributed by atoms with E-state index < -0.39 is 36.0 Å². The predicted molar refractivity (Wildman–Crippen MR) is 160 cm³/mol. The largest absolute Gasteiger partial charge is 0.445 e. The van der Waals surface area contributed by atoms with Crippen molar-refractivity contribution in [3.8, 4) is 0 Å². The minimum Gasteiger partial charge on any atom is -0.445 e. The number of nitrogens with zero attached hydrogens (tertiary/aromatic N) is 1. The summed E-state index contributed by atoms with van der Waals surface area (Å²) >= 11 is 0. The number of rotatable bonds is 16. The monoisotopic (exact) mass is 588 g/mol. The lowest BCUT2D eigenvalue weighted by molar-refractivity contribution is -0.131. The summed E-state index contributed by atoms with van der Waals surface area (Å²) < 4.78 is 5.32. The van der Waals surface area contributed by atoms with Gasteiger partial charge >= 0.3 is 6.09 Å². The van der Waals surface area contributed by atoms with Crippen LogP contribution in [0, 0.1) is 5.92 Å². The van der Waals surface area contributed by atoms with E-state index in [2.05, 4.69) is 20.9 Å². The number of hydrogen-bond acceptors (Lipinski definition) is 6. The summed E-state index contributed by atoms with van der Waals surface area (Å²) in [7, 11) is 0. The summed E-state index contributed by atoms with van der Waals surface area (Å²) in [4.78, 5) is 54.6. The maximum absolute atomic E-state index is 13.4. The third-order valence-electron chi connectivity index (χ3n) is 5.90. The van der Waals surface area contributed by atoms with E-state index in [1.54, 1.807) is 0 Å². The fourth-order valence-corrected chi connectivity index (χ4v) is 3.92. The molecule has 0 fully saturated rings. The second kappa shape index (κ2) is 19.0. The molecule has 41 heavy (non-hydrogen) atoms. The van der Waals surface area contributed by atoms with Crippen LogP contribution in [0.2, 0.25) is 0 Å². The number of carbonyl (C=O) groups is 4. The molecule has 0 aromatic heterocycles. The van der Waals surface area contributed by atoms with Gasteiger partial charge in [-0.3, -0.25) is 14.6 Å². The van der Waals surface area contributed by atoms with E-state index in [1.807, 2.05) is 74.5 Å². The van der Waals surface area contributed by atoms with Crippen LogP contribution < -0.4 is 27.4 Å². The van der Waals surface area contributed by atoms with E-state index in [4.69, 9.17) is 16.2 Å². The Morgan fingerprint density at radius 2 is 1.46 bits per heavy atom. The SMILES string of the molecule is CC(C)C[C@H](NC(=O)[C@H](Cc1ccccc1)NC(=O)OCc1ccccc1)C(=O)N[C@H](C=O)CCCN=C(N)N.Cl. The first-order valence-corrected chi connectivity index (χ1v) is 13.3. The summed E-state index contributed by atoms with van der Waals surface area (Å²) in [6, 6.07) is 15.7. The normalized spacial score (nSPS) is 12.6. The van der Waals surface area contributed by atoms with Crippen molar-refractivity contribution >= 4 is 42.6 Å². The topological polar surface area (TPSA) is 178 Å². The van der Waals surface area contributed by atoms with Gasteiger partial charge in [0.15, 0.2) is 5.96 Å². The van der Waals surface area contributed by atoms with Crippen LogP contribution in [0.25, 0.3) is 0 Å². The Kier molecular flexibility index (Phi) is 16.2. The lowest BCUT2D eigenvalue weighted by Crippen LogP contribution is -2.56. The molecule has 0 saturated carbocycles. The molecule has 3 atom stereocenters. The second-order valence-corrected chi connectivity index (χ2v) is 9.84. The first kappa shape index (κ1) is 34.9. The highest BCUT2D eigenvalue weighted by Gasteiger charge is 2.29. The number of amides is 3. The number of halogens is 1. The van der Waals surface area contributed by atoms with Crippen LogP contribution in [-0.4, -0.2) is 54.8 Å². The molecular formula is C29H41ClN6O5. The number of alkyl carbamates (subject to hydrolysis) is 1. The summed E-state index contributed by atoms with van der Waals surface area (Å²) in [6.45, 7) is 4.20. The smallest absolute Gasteiger partial charge is 0.408 e. The third kappa shape index (κ3) is 14.2. The molecule has 0 unspecified atom stereocenters. The molecule has 11 nitrogen and oxygen atoms in total. The molecule has 224 valence electrons. The molecule has 0 saturated heterocycles. The summed E-state index contributed by atoms with van der Waals surface area (Å²) in [5.41, 5.74) is 12.3. The summed E-state index contributed by atoms with van der Waals surface area (Å²) in [5, 5.41) is 8.09. The van der Waals surface area contributed by atoms with Gasteiger partial charge in [0.1, 0.15) is 25.0 Å². The van der Waals surface area contributed by atoms with E-state index in [-0.39, 0.29) is 37.3 Å². The van der Waals surface area contributed by atoms with Crippen LogP contribution in [0.5, 0.6) is 0 Å². The van der Waals surface area contributed by atoms with E-state index in [9.17, 15) is 19.2 Å². The number of hydrogen-bond donors (Lipinski definition) is 5. The maximum Gasteiger partial charge on any atom is 0.408 e. The van der Waals surface area contributed by atoms with Crippen LogP contribution >= 0.6 is 12.4 Å². The molecule has 7 N–H and O–H groups in total. The van der Waals surface area contributed by atoms with E-state index in [1.165, 1.54) is 0 Å². The van der Waals surface area contributed by atoms with Crippen LogP contribution in [0.3, 0.4) is 0 Å². The van der Waals surface area contributed by atoms with Gasteiger partial charge in [-0.05, 0) is 36.3 Å². The van der Waals surface area contributed by atoms with Gasteiger partial charge in [0.2, 0.25) is 11.8 Å². The Bertz CT molecular complexity index is 1110. The second-order valence-electron chi connectivity index (χ2n) is 9.84. The molecule has 12 heteroatoms. The van der Waals surface area contributed by atoms with Crippen molar-refractivity contribution in [2.45, 2.75) is 64.3 Å². The van der Waals surface area contributed by atoms with Crippen LogP contribution in [0.1, 0.15) is 44.2 Å². The van der Waals surface area contributed by atoms with Gasteiger partial charge in [-0.15, -0.1) is 12.4 Å². The van der Waals surface area contributed by atoms with Gasteiger partial charge in [-0.1, -0.05) is 74.5 Å². The van der Waals surface area contributed by atoms with Gasteiger partial charge in [-0.2, -0.15) is 0 Å². The Hall–Kier alpha value is -4.12. The maximum atomic E-state index is 13.4. The molecule has 2 aromatic rings. The first-order chi connectivity index (χ1) is 19.2. The molecule has 0 aliphatic heterocycles. The molecule has 0 radical (unpaired) electrons. The molecule has 2 aromatic carbocycles. The van der Waals surface area contributed by atoms with Crippen molar-refractivity contribution < 1.29 is 23.9 Å². The number of aldehydes is 1. The Labute approximate surface area is 247 Å². The lowest BCUT2D eigenvalue weighted by atomic mass is 10.0. The van der Waals surface area contributed by atoms with E-state index in [0.29, 0.717) is 32.1 Å². The first-order valence-electron chi connectivity index (χ1n) is 13.3. The molecule has 0 bridgehead atoms. The van der Waals surface area contributed by atoms with Gasteiger partial charge in [-0.25, -0.2) is 4.79 Å². The molecule has 0 aliphatic rings. The fourth-order valence-electron chi connectivity index (χ4n) is 3.92. The quantitative estimate of drug-likeness (QED) is 0.0863. The number of benzene rings is 2. The standard InChI is InChI=1S/C29H40N6O5.ClH/c1-20(2)16-24(26(37)33-23(18-36)14-9-15-32-28(30)31)34-27(38)25(17-21-10-5-3-6-11-21)35-29(39)40-19-22-12-7-4-8-13-22;/h3-8,10-13,18,20,23-25H,9,14-17,19H2,1-2H3,(H,33,37)(H,34,38)(H,35,39)(H4,30,31,32);1H/t23-,24-,25-;/m0./s1. The highest BCUT2D eigenvalue weighted by molar-refractivity contribution is 5.92. The van der Waals surface area contributed by atoms with Crippen LogP contribution in [-0.2, 0) is 32.1 Å². The van der Waals surface area contributed by atoms with Crippen molar-refractivity contribution in [3.05, 3.63) is 71.8 Å². The zero-order valence-corrected chi connectivity index (χ0v) is 24.3. The van der Waals surface area contributed by atoms with Gasteiger partial charge in [0.05, 0.1) is 6.04 Å². The van der Waals surface area contributed by atoms with Crippen molar-refractivity contribution in [2.24, 2.45) is 22.4 Å². The van der Waals surface area contributed by atoms with E-state index in [0.717, 1.165) is 11.1 Å². The zero-order chi connectivity index (χ0) is 29.3. The molecule has 2 rings (SSSR count). The number of nitrogens with one attached hydrogen (secondary N) is 3. The molecular weight excluding hydrogens is 548 g/mol. The molecule has 3 amide bonds. The van der Waals surface area contributed by atoms with Crippen molar-refractivity contribution in [1.29, 1.82) is 0 Å². The van der Waals surface area contributed by atoms with E-state index >= 15 is 0 Å². The van der Waals surface area contributed by atoms with Crippen molar-refractivity contribution in [3.63, 3.8) is 0 Å². The van der Waals surface area contributed by atoms with Crippen LogP contribution in [0.15, 0.2) is 65.7 Å². The molecule has 0 spiro atoms. The minimum absolute atomic E-state index is 0. The minimum atomic E-state index is -1.01. The average Bonchev–Trinajstić information content (AvgIpc) is 2.93. The van der Waals surface area contributed by atoms with Crippen molar-refractivity contribution in [1.82, 2.24) is 16.0 Å². The molecule has 0 aliphatic carbocycles. The predicted octanol–water partition coefficient (Wildman–Crippen LogP) is 2.21. The Morgan fingerprint density at radius 1 is 0.878 bits per heavy atom. The number of guanidine groups is 1. The van der Waals surface area contributed by atoms with Crippen LogP contribution in [0.4, 0.5) is 4.79 Å². The summed E-state index contributed by atoms with van der Waals surface area (Å²) in [6.07, 6.45) is 1.21. The highest BCUT2D eigenvalue weighted by Crippen LogP contribution is 2.09. The Morgan fingerprint density at radius 3 is 2.02 bits per heavy atom. The van der Waals surface area contributed by atoms with Gasteiger partial charge < -0.3 is 36.9 Å². The fraction of sp³-hybridized carbons (Fsp3) is 0.414. The molecule has 0 heterocycles.